The van der Waals surface area contributed by atoms with Crippen LogP contribution in [0, 0.1) is 11.8 Å². The molecular formula is C36H50ClN3O10. The minimum Gasteiger partial charge on any atom is -0.495 e. The largest absolute Gasteiger partial charge is 0.495 e. The van der Waals surface area contributed by atoms with Crippen molar-refractivity contribution in [3.05, 3.63) is 46.5 Å². The van der Waals surface area contributed by atoms with Crippen LogP contribution in [0.1, 0.15) is 59.9 Å². The molecular weight excluding hydrogens is 670 g/mol. The molecule has 2 N–H and O–H groups in total. The summed E-state index contributed by atoms with van der Waals surface area (Å²) in [5.74, 6) is -1.88. The van der Waals surface area contributed by atoms with E-state index in [1.54, 1.807) is 66.0 Å². The Balaban J connectivity index is 1.78. The summed E-state index contributed by atoms with van der Waals surface area (Å²) in [4.78, 5) is 55.8. The van der Waals surface area contributed by atoms with Crippen molar-refractivity contribution in [1.29, 1.82) is 0 Å². The Morgan fingerprint density at radius 2 is 1.88 bits per heavy atom. The van der Waals surface area contributed by atoms with Gasteiger partial charge in [-0.3, -0.25) is 14.9 Å². The first kappa shape index (κ1) is 39.1. The van der Waals surface area contributed by atoms with Crippen molar-refractivity contribution in [3.8, 4) is 5.75 Å². The summed E-state index contributed by atoms with van der Waals surface area (Å²) in [5, 5.41) is 14.4. The van der Waals surface area contributed by atoms with Gasteiger partial charge in [0.15, 0.2) is 5.72 Å². The lowest BCUT2D eigenvalue weighted by molar-refractivity contribution is -0.162. The first-order valence-corrected chi connectivity index (χ1v) is 17.1. The topological polar surface area (TPSA) is 156 Å². The van der Waals surface area contributed by atoms with E-state index in [2.05, 4.69) is 5.32 Å². The molecule has 2 saturated heterocycles. The van der Waals surface area contributed by atoms with E-state index in [0.717, 1.165) is 11.1 Å². The number of hydrogen-bond acceptors (Lipinski definition) is 10. The van der Waals surface area contributed by atoms with Crippen LogP contribution >= 0.6 is 11.6 Å². The Labute approximate surface area is 298 Å². The summed E-state index contributed by atoms with van der Waals surface area (Å²) >= 11 is 6.74. The summed E-state index contributed by atoms with van der Waals surface area (Å²) < 4.78 is 29.1. The van der Waals surface area contributed by atoms with Crippen molar-refractivity contribution in [2.24, 2.45) is 11.8 Å². The monoisotopic (exact) mass is 719 g/mol. The first-order valence-electron chi connectivity index (χ1n) is 16.7. The number of methoxy groups -OCH3 is 2. The fourth-order valence-corrected chi connectivity index (χ4v) is 6.91. The molecule has 14 heteroatoms. The van der Waals surface area contributed by atoms with Crippen LogP contribution in [0.4, 0.5) is 10.5 Å². The standard InChI is InChI=1S/C36H50ClN3O10/c1-19(2)32(42)39(7)22(5)33(43)49-28-17-29(41)40(8)24-15-23(16-25(46-9)30(24)37)14-20(3)12-11-13-27(47-10)36(45)18-26(48-34(44)38-36)21(4)31-35(28,6)50-31/h11-13,15-16,19,21-22,26-28,31,45H,14,17-18H2,1-10H3,(H,38,44)/b13-11+,20-12?. The average molecular weight is 720 g/mol. The van der Waals surface area contributed by atoms with Gasteiger partial charge in [-0.15, -0.1) is 0 Å². The van der Waals surface area contributed by atoms with Crippen LogP contribution in [0.15, 0.2) is 35.9 Å². The van der Waals surface area contributed by atoms with E-state index in [1.165, 1.54) is 31.1 Å². The van der Waals surface area contributed by atoms with Crippen LogP contribution in [0.2, 0.25) is 5.02 Å². The zero-order chi connectivity index (χ0) is 37.3. The quantitative estimate of drug-likeness (QED) is 0.323. The zero-order valence-electron chi connectivity index (χ0n) is 30.4. The van der Waals surface area contributed by atoms with Crippen LogP contribution in [0.3, 0.4) is 0 Å². The van der Waals surface area contributed by atoms with E-state index in [4.69, 9.17) is 35.3 Å². The van der Waals surface area contributed by atoms with Crippen LogP contribution < -0.4 is 15.0 Å². The third-order valence-electron chi connectivity index (χ3n) is 9.97. The molecule has 8 unspecified atom stereocenters. The van der Waals surface area contributed by atoms with Crippen molar-refractivity contribution in [2.45, 2.75) is 103 Å². The van der Waals surface area contributed by atoms with Crippen LogP contribution in [-0.4, -0.2) is 104 Å². The summed E-state index contributed by atoms with van der Waals surface area (Å²) in [7, 11) is 6.02. The highest BCUT2D eigenvalue weighted by atomic mass is 35.5. The number of benzene rings is 1. The van der Waals surface area contributed by atoms with E-state index in [-0.39, 0.29) is 29.7 Å². The molecule has 3 aliphatic rings. The number of fused-ring (bicyclic) bond motifs is 5. The number of anilines is 1. The summed E-state index contributed by atoms with van der Waals surface area (Å²) in [6, 6.07) is 2.63. The molecule has 4 rings (SSSR count). The van der Waals surface area contributed by atoms with Crippen LogP contribution in [0.25, 0.3) is 0 Å². The molecule has 1 aromatic rings. The molecule has 4 bridgehead atoms. The molecule has 1 aromatic carbocycles. The second-order valence-electron chi connectivity index (χ2n) is 14.0. The number of halogens is 1. The second-order valence-corrected chi connectivity index (χ2v) is 14.4. The SMILES string of the molecule is COc1cc2cc(c1Cl)N(C)C(=O)CC(OC(=O)C(C)N(C)C(=O)C(C)C)C1(C)OC1C(C)C1CC(O)(NC(=O)O1)C(OC)/C=C/C=C(C)C2. The highest BCUT2D eigenvalue weighted by Gasteiger charge is 2.64. The van der Waals surface area contributed by atoms with Gasteiger partial charge < -0.3 is 38.6 Å². The summed E-state index contributed by atoms with van der Waals surface area (Å²) in [6.45, 7) is 10.5. The highest BCUT2D eigenvalue weighted by Crippen LogP contribution is 2.49. The van der Waals surface area contributed by atoms with Gasteiger partial charge in [-0.1, -0.05) is 56.2 Å². The second kappa shape index (κ2) is 15.3. The smallest absolute Gasteiger partial charge is 0.409 e. The van der Waals surface area contributed by atoms with Crippen LogP contribution in [-0.2, 0) is 39.8 Å². The van der Waals surface area contributed by atoms with E-state index < -0.39 is 65.7 Å². The number of esters is 1. The number of likely N-dealkylation sites (N-methyl/N-ethyl adjacent to an activating group) is 1. The maximum Gasteiger partial charge on any atom is 0.409 e. The third kappa shape index (κ3) is 8.11. The Bertz CT molecular complexity index is 1550. The minimum atomic E-state index is -1.82. The Hall–Kier alpha value is -3.65. The molecule has 3 amide bonds. The highest BCUT2D eigenvalue weighted by molar-refractivity contribution is 6.35. The summed E-state index contributed by atoms with van der Waals surface area (Å²) in [6.07, 6.45) is 1.00. The van der Waals surface area contributed by atoms with E-state index in [0.29, 0.717) is 17.9 Å². The number of carbonyl (C=O) groups is 4. The van der Waals surface area contributed by atoms with Gasteiger partial charge in [0.2, 0.25) is 11.8 Å². The predicted octanol–water partition coefficient (Wildman–Crippen LogP) is 4.17. The van der Waals surface area contributed by atoms with Crippen molar-refractivity contribution in [1.82, 2.24) is 10.2 Å². The molecule has 0 radical (unpaired) electrons. The van der Waals surface area contributed by atoms with Gasteiger partial charge in [0.1, 0.15) is 40.7 Å². The molecule has 8 atom stereocenters. The molecule has 0 aliphatic carbocycles. The molecule has 0 aromatic heterocycles. The maximum absolute atomic E-state index is 14.1. The van der Waals surface area contributed by atoms with Gasteiger partial charge in [-0.05, 0) is 44.9 Å². The van der Waals surface area contributed by atoms with Crippen molar-refractivity contribution in [3.63, 3.8) is 0 Å². The molecule has 0 saturated carbocycles. The lowest BCUT2D eigenvalue weighted by Crippen LogP contribution is -2.63. The van der Waals surface area contributed by atoms with Gasteiger partial charge in [0.05, 0.1) is 25.3 Å². The maximum atomic E-state index is 14.1. The number of nitrogens with one attached hydrogen (secondary N) is 1. The van der Waals surface area contributed by atoms with Crippen LogP contribution in [0.5, 0.6) is 5.75 Å². The fraction of sp³-hybridized carbons (Fsp3) is 0.611. The lowest BCUT2D eigenvalue weighted by Gasteiger charge is -2.42. The number of amides is 3. The van der Waals surface area contributed by atoms with Gasteiger partial charge in [0.25, 0.3) is 0 Å². The number of alkyl carbamates (subject to hydrolysis) is 1. The number of aliphatic hydroxyl groups is 1. The number of ether oxygens (including phenoxy) is 5. The van der Waals surface area contributed by atoms with E-state index in [9.17, 15) is 24.3 Å². The first-order chi connectivity index (χ1) is 23.4. The molecule has 276 valence electrons. The minimum absolute atomic E-state index is 0.0449. The normalized spacial score (nSPS) is 31.4. The Morgan fingerprint density at radius 1 is 1.20 bits per heavy atom. The van der Waals surface area contributed by atoms with E-state index >= 15 is 0 Å². The van der Waals surface area contributed by atoms with Gasteiger partial charge in [0, 0.05) is 39.5 Å². The molecule has 2 fully saturated rings. The number of carbonyl (C=O) groups excluding carboxylic acids is 4. The summed E-state index contributed by atoms with van der Waals surface area (Å²) in [5.41, 5.74) is -0.881. The molecule has 3 aliphatic heterocycles. The number of epoxide rings is 1. The average Bonchev–Trinajstić information content (AvgIpc) is 3.76. The Kier molecular flexibility index (Phi) is 12.0. The molecule has 13 nitrogen and oxygen atoms in total. The van der Waals surface area contributed by atoms with E-state index in [1.807, 2.05) is 13.0 Å². The van der Waals surface area contributed by atoms with Gasteiger partial charge in [-0.2, -0.15) is 0 Å². The van der Waals surface area contributed by atoms with Crippen molar-refractivity contribution in [2.75, 3.05) is 33.2 Å². The molecule has 0 spiro atoms. The van der Waals surface area contributed by atoms with Gasteiger partial charge in [-0.25, -0.2) is 9.59 Å². The Morgan fingerprint density at radius 3 is 2.50 bits per heavy atom. The zero-order valence-corrected chi connectivity index (χ0v) is 31.2. The lowest BCUT2D eigenvalue weighted by atomic mass is 9.83. The third-order valence-corrected chi connectivity index (χ3v) is 10.4. The van der Waals surface area contributed by atoms with Crippen molar-refractivity contribution < 1.29 is 48.0 Å². The molecule has 50 heavy (non-hydrogen) atoms. The number of hydrogen-bond donors (Lipinski definition) is 2. The number of rotatable bonds is 6. The van der Waals surface area contributed by atoms with Crippen molar-refractivity contribution >= 4 is 41.2 Å². The molecule has 3 heterocycles. The number of allylic oxidation sites excluding steroid dienone is 3. The fourth-order valence-electron chi connectivity index (χ4n) is 6.60. The predicted molar refractivity (Wildman–Crippen MR) is 186 cm³/mol. The number of nitrogens with zero attached hydrogens (tertiary/aromatic N) is 2. The van der Waals surface area contributed by atoms with Gasteiger partial charge >= 0.3 is 12.1 Å².